The van der Waals surface area contributed by atoms with Crippen molar-refractivity contribution in [2.45, 2.75) is 0 Å². The first-order chi connectivity index (χ1) is 10.5. The average molecular weight is 323 g/mol. The average Bonchev–Trinajstić information content (AvgIpc) is 3.01. The zero-order chi connectivity index (χ0) is 16.1. The number of amides is 2. The van der Waals surface area contributed by atoms with Gasteiger partial charge in [0.1, 0.15) is 0 Å². The summed E-state index contributed by atoms with van der Waals surface area (Å²) in [5.41, 5.74) is -0.663. The van der Waals surface area contributed by atoms with Crippen LogP contribution in [0.1, 0.15) is 9.67 Å². The second-order valence-corrected chi connectivity index (χ2v) is 5.08. The highest BCUT2D eigenvalue weighted by molar-refractivity contribution is 7.12. The van der Waals surface area contributed by atoms with Gasteiger partial charge in [-0.25, -0.2) is 0 Å². The van der Waals surface area contributed by atoms with Crippen molar-refractivity contribution in [1.82, 2.24) is 5.32 Å². The van der Waals surface area contributed by atoms with Crippen LogP contribution in [-0.2, 0) is 4.79 Å². The monoisotopic (exact) mass is 323 g/mol. The van der Waals surface area contributed by atoms with E-state index >= 15 is 0 Å². The minimum atomic E-state index is -0.992. The van der Waals surface area contributed by atoms with Crippen molar-refractivity contribution in [2.75, 3.05) is 11.9 Å². The number of nitrogens with zero attached hydrogens (tertiary/aromatic N) is 1. The molecule has 0 aliphatic carbocycles. The van der Waals surface area contributed by atoms with Gasteiger partial charge in [-0.05, 0) is 23.6 Å². The van der Waals surface area contributed by atoms with Gasteiger partial charge in [0.15, 0.2) is 0 Å². The Hall–Kier alpha value is -2.81. The van der Waals surface area contributed by atoms with E-state index < -0.39 is 28.2 Å². The maximum atomic E-state index is 13.2. The summed E-state index contributed by atoms with van der Waals surface area (Å²) in [6.45, 7) is -0.304. The predicted molar refractivity (Wildman–Crippen MR) is 78.3 cm³/mol. The topological polar surface area (TPSA) is 101 Å². The highest BCUT2D eigenvalue weighted by Crippen LogP contribution is 2.21. The molecule has 0 saturated heterocycles. The summed E-state index contributed by atoms with van der Waals surface area (Å²) in [5, 5.41) is 17.1. The van der Waals surface area contributed by atoms with Crippen molar-refractivity contribution in [3.63, 3.8) is 0 Å². The van der Waals surface area contributed by atoms with Crippen LogP contribution in [0.25, 0.3) is 0 Å². The fourth-order valence-corrected chi connectivity index (χ4v) is 2.23. The molecule has 0 bridgehead atoms. The lowest BCUT2D eigenvalue weighted by Gasteiger charge is -2.06. The number of nitro benzene ring substituents is 1. The minimum absolute atomic E-state index is 0.0727. The number of carbonyl (C=O) groups is 2. The molecule has 0 fully saturated rings. The van der Waals surface area contributed by atoms with Crippen molar-refractivity contribution in [3.05, 3.63) is 56.5 Å². The van der Waals surface area contributed by atoms with Crippen LogP contribution in [0.4, 0.5) is 15.8 Å². The van der Waals surface area contributed by atoms with Gasteiger partial charge in [-0.1, -0.05) is 6.07 Å². The molecule has 2 amide bonds. The fourth-order valence-electron chi connectivity index (χ4n) is 1.59. The van der Waals surface area contributed by atoms with E-state index in [-0.39, 0.29) is 12.2 Å². The van der Waals surface area contributed by atoms with E-state index in [1.165, 1.54) is 17.4 Å². The Kier molecular flexibility index (Phi) is 4.79. The molecule has 114 valence electrons. The number of halogens is 1. The van der Waals surface area contributed by atoms with Crippen LogP contribution in [0, 0.1) is 15.9 Å². The second-order valence-electron chi connectivity index (χ2n) is 4.13. The number of nitro groups is 1. The van der Waals surface area contributed by atoms with Crippen molar-refractivity contribution >= 4 is 34.5 Å². The van der Waals surface area contributed by atoms with E-state index in [0.29, 0.717) is 4.88 Å². The van der Waals surface area contributed by atoms with Gasteiger partial charge < -0.3 is 10.6 Å². The predicted octanol–water partition coefficient (Wildman–Crippen LogP) is 2.16. The molecule has 0 saturated carbocycles. The largest absolute Gasteiger partial charge is 0.342 e. The Balaban J connectivity index is 1.93. The van der Waals surface area contributed by atoms with E-state index in [4.69, 9.17) is 0 Å². The third-order valence-corrected chi connectivity index (χ3v) is 3.45. The highest BCUT2D eigenvalue weighted by atomic mass is 32.1. The van der Waals surface area contributed by atoms with E-state index in [0.717, 1.165) is 12.1 Å². The molecular formula is C13H10FN3O4S. The van der Waals surface area contributed by atoms with E-state index in [2.05, 4.69) is 10.6 Å². The Morgan fingerprint density at radius 2 is 2.09 bits per heavy atom. The summed E-state index contributed by atoms with van der Waals surface area (Å²) in [6.07, 6.45) is 0. The summed E-state index contributed by atoms with van der Waals surface area (Å²) in [4.78, 5) is 33.5. The van der Waals surface area contributed by atoms with Crippen molar-refractivity contribution < 1.29 is 18.9 Å². The maximum absolute atomic E-state index is 13.2. The molecule has 0 unspecified atom stereocenters. The summed E-state index contributed by atoms with van der Waals surface area (Å²) < 4.78 is 13.2. The van der Waals surface area contributed by atoms with Gasteiger partial charge in [0.25, 0.3) is 5.91 Å². The van der Waals surface area contributed by atoms with Crippen molar-refractivity contribution in [1.29, 1.82) is 0 Å². The normalized spacial score (nSPS) is 10.0. The number of anilines is 1. The molecule has 0 aliphatic rings. The van der Waals surface area contributed by atoms with E-state index in [1.54, 1.807) is 17.5 Å². The number of carbonyl (C=O) groups excluding carboxylic acids is 2. The van der Waals surface area contributed by atoms with Crippen LogP contribution in [0.5, 0.6) is 0 Å². The quantitative estimate of drug-likeness (QED) is 0.650. The first-order valence-corrected chi connectivity index (χ1v) is 6.91. The lowest BCUT2D eigenvalue weighted by molar-refractivity contribution is -0.387. The third kappa shape index (κ3) is 3.85. The molecule has 2 rings (SSSR count). The molecule has 1 aromatic heterocycles. The molecule has 0 aliphatic heterocycles. The van der Waals surface area contributed by atoms with Crippen molar-refractivity contribution in [2.24, 2.45) is 0 Å². The number of thiophene rings is 1. The van der Waals surface area contributed by atoms with Crippen LogP contribution >= 0.6 is 11.3 Å². The molecule has 0 radical (unpaired) electrons. The van der Waals surface area contributed by atoms with Gasteiger partial charge in [-0.2, -0.15) is 4.39 Å². The number of hydrogen-bond donors (Lipinski definition) is 2. The van der Waals surface area contributed by atoms with E-state index in [9.17, 15) is 24.1 Å². The van der Waals surface area contributed by atoms with Crippen LogP contribution in [0.2, 0.25) is 0 Å². The number of benzene rings is 1. The second kappa shape index (κ2) is 6.76. The van der Waals surface area contributed by atoms with Gasteiger partial charge in [0, 0.05) is 11.8 Å². The Morgan fingerprint density at radius 3 is 2.73 bits per heavy atom. The van der Waals surface area contributed by atoms with Gasteiger partial charge in [0.2, 0.25) is 11.7 Å². The zero-order valence-electron chi connectivity index (χ0n) is 11.0. The number of rotatable bonds is 5. The molecule has 0 atom stereocenters. The Bertz CT molecular complexity index is 718. The van der Waals surface area contributed by atoms with Crippen LogP contribution in [-0.4, -0.2) is 23.3 Å². The minimum Gasteiger partial charge on any atom is -0.342 e. The van der Waals surface area contributed by atoms with Crippen molar-refractivity contribution in [3.8, 4) is 0 Å². The molecule has 7 nitrogen and oxygen atoms in total. The molecule has 9 heteroatoms. The molecule has 1 aromatic carbocycles. The van der Waals surface area contributed by atoms with Crippen LogP contribution in [0.15, 0.2) is 35.7 Å². The molecule has 2 aromatic rings. The van der Waals surface area contributed by atoms with Crippen LogP contribution in [0.3, 0.4) is 0 Å². The first kappa shape index (κ1) is 15.6. The lowest BCUT2D eigenvalue weighted by atomic mass is 10.2. The Labute approximate surface area is 127 Å². The summed E-state index contributed by atoms with van der Waals surface area (Å²) in [5.74, 6) is -1.96. The molecule has 2 N–H and O–H groups in total. The molecule has 1 heterocycles. The fraction of sp³-hybridized carbons (Fsp3) is 0.0769. The number of nitrogens with one attached hydrogen (secondary N) is 2. The summed E-state index contributed by atoms with van der Waals surface area (Å²) in [7, 11) is 0. The number of hydrogen-bond acceptors (Lipinski definition) is 5. The van der Waals surface area contributed by atoms with Gasteiger partial charge in [-0.15, -0.1) is 11.3 Å². The Morgan fingerprint density at radius 1 is 1.32 bits per heavy atom. The SMILES string of the molecule is O=C(CNC(=O)c1cccs1)Nc1ccc(F)c([N+](=O)[O-])c1. The van der Waals surface area contributed by atoms with E-state index in [1.807, 2.05) is 0 Å². The van der Waals surface area contributed by atoms with Crippen LogP contribution < -0.4 is 10.6 Å². The zero-order valence-corrected chi connectivity index (χ0v) is 11.9. The molecule has 0 spiro atoms. The molecule has 22 heavy (non-hydrogen) atoms. The maximum Gasteiger partial charge on any atom is 0.306 e. The first-order valence-electron chi connectivity index (χ1n) is 6.03. The highest BCUT2D eigenvalue weighted by Gasteiger charge is 2.15. The van der Waals surface area contributed by atoms with Gasteiger partial charge in [-0.3, -0.25) is 19.7 Å². The summed E-state index contributed by atoms with van der Waals surface area (Å²) in [6, 6.07) is 6.31. The smallest absolute Gasteiger partial charge is 0.306 e. The van der Waals surface area contributed by atoms with Gasteiger partial charge in [0.05, 0.1) is 16.3 Å². The third-order valence-electron chi connectivity index (χ3n) is 2.58. The molecular weight excluding hydrogens is 313 g/mol. The van der Waals surface area contributed by atoms with Gasteiger partial charge >= 0.3 is 5.69 Å². The lowest BCUT2D eigenvalue weighted by Crippen LogP contribution is -2.32. The summed E-state index contributed by atoms with van der Waals surface area (Å²) >= 11 is 1.23. The standard InChI is InChI=1S/C13H10FN3O4S/c14-9-4-3-8(6-10(9)17(20)21)16-12(18)7-15-13(19)11-2-1-5-22-11/h1-6H,7H2,(H,15,19)(H,16,18).